The lowest BCUT2D eigenvalue weighted by molar-refractivity contribution is -0.151. The van der Waals surface area contributed by atoms with Crippen molar-refractivity contribution in [3.8, 4) is 6.07 Å². The average Bonchev–Trinajstić information content (AvgIpc) is 3.20. The summed E-state index contributed by atoms with van der Waals surface area (Å²) in [4.78, 5) is 29.5. The largest absolute Gasteiger partial charge is 0.468 e. The SMILES string of the molecule is COC(=O)[C@]1(C#N)[C@@H](c2ccc(Br)cc2)[C@H](C(=O)c2ccccc2)N2C=Cc3ccccc3[C@@H]21. The van der Waals surface area contributed by atoms with Gasteiger partial charge < -0.3 is 9.64 Å². The third kappa shape index (κ3) is 3.19. The number of carbonyl (C=O) groups excluding carboxylic acids is 2. The number of nitriles is 1. The Morgan fingerprint density at radius 2 is 1.68 bits per heavy atom. The number of ketones is 1. The monoisotopic (exact) mass is 512 g/mol. The molecule has 3 aromatic carbocycles. The van der Waals surface area contributed by atoms with Crippen molar-refractivity contribution < 1.29 is 14.3 Å². The number of esters is 1. The van der Waals surface area contributed by atoms with Crippen molar-refractivity contribution in [3.63, 3.8) is 0 Å². The Morgan fingerprint density at radius 1 is 1.00 bits per heavy atom. The molecule has 0 amide bonds. The van der Waals surface area contributed by atoms with Crippen LogP contribution in [0.15, 0.2) is 89.5 Å². The first-order valence-electron chi connectivity index (χ1n) is 10.9. The highest BCUT2D eigenvalue weighted by Gasteiger charge is 2.67. The number of hydrogen-bond acceptors (Lipinski definition) is 5. The summed E-state index contributed by atoms with van der Waals surface area (Å²) in [6, 6.07) is 25.0. The lowest BCUT2D eigenvalue weighted by atomic mass is 9.66. The van der Waals surface area contributed by atoms with Gasteiger partial charge in [-0.05, 0) is 34.9 Å². The highest BCUT2D eigenvalue weighted by atomic mass is 79.9. The van der Waals surface area contributed by atoms with Gasteiger partial charge in [0.1, 0.15) is 6.04 Å². The first-order valence-corrected chi connectivity index (χ1v) is 11.7. The minimum atomic E-state index is -1.64. The predicted octanol–water partition coefficient (Wildman–Crippen LogP) is 5.51. The number of fused-ring (bicyclic) bond motifs is 3. The van der Waals surface area contributed by atoms with E-state index < -0.39 is 29.4 Å². The first kappa shape index (κ1) is 22.1. The summed E-state index contributed by atoms with van der Waals surface area (Å²) in [7, 11) is 1.29. The molecule has 1 saturated heterocycles. The van der Waals surface area contributed by atoms with Gasteiger partial charge in [0, 0.05) is 22.2 Å². The minimum Gasteiger partial charge on any atom is -0.468 e. The van der Waals surface area contributed by atoms with Gasteiger partial charge in [-0.2, -0.15) is 5.26 Å². The van der Waals surface area contributed by atoms with Crippen molar-refractivity contribution in [1.29, 1.82) is 5.26 Å². The second kappa shape index (κ2) is 8.58. The van der Waals surface area contributed by atoms with E-state index in [1.807, 2.05) is 83.9 Å². The van der Waals surface area contributed by atoms with Crippen LogP contribution in [-0.4, -0.2) is 29.8 Å². The summed E-state index contributed by atoms with van der Waals surface area (Å²) in [5.41, 5.74) is 1.35. The van der Waals surface area contributed by atoms with Gasteiger partial charge >= 0.3 is 5.97 Å². The molecule has 0 bridgehead atoms. The van der Waals surface area contributed by atoms with Gasteiger partial charge in [0.2, 0.25) is 0 Å². The molecule has 0 aromatic heterocycles. The molecule has 0 spiro atoms. The Morgan fingerprint density at radius 3 is 2.35 bits per heavy atom. The average molecular weight is 513 g/mol. The molecule has 5 rings (SSSR count). The van der Waals surface area contributed by atoms with Crippen LogP contribution in [0.3, 0.4) is 0 Å². The number of rotatable bonds is 4. The van der Waals surface area contributed by atoms with E-state index >= 15 is 0 Å². The summed E-state index contributed by atoms with van der Waals surface area (Å²) < 4.78 is 6.13. The maximum absolute atomic E-state index is 14.0. The van der Waals surface area contributed by atoms with Gasteiger partial charge in [-0.1, -0.05) is 82.7 Å². The van der Waals surface area contributed by atoms with Gasteiger partial charge in [0.25, 0.3) is 0 Å². The number of benzene rings is 3. The van der Waals surface area contributed by atoms with Crippen molar-refractivity contribution in [2.45, 2.75) is 18.0 Å². The van der Waals surface area contributed by atoms with Crippen LogP contribution < -0.4 is 0 Å². The number of Topliss-reactive ketones (excluding diaryl/α,β-unsaturated/α-hetero) is 1. The molecule has 2 aliphatic heterocycles. The van der Waals surface area contributed by atoms with Crippen LogP contribution in [0.1, 0.15) is 39.0 Å². The molecule has 2 aliphatic rings. The molecule has 3 aromatic rings. The van der Waals surface area contributed by atoms with Crippen LogP contribution in [0.4, 0.5) is 0 Å². The highest BCUT2D eigenvalue weighted by molar-refractivity contribution is 9.10. The number of halogens is 1. The lowest BCUT2D eigenvalue weighted by Crippen LogP contribution is -2.41. The topological polar surface area (TPSA) is 70.4 Å². The van der Waals surface area contributed by atoms with Crippen molar-refractivity contribution in [3.05, 3.63) is 112 Å². The van der Waals surface area contributed by atoms with Crippen LogP contribution in [0, 0.1) is 16.7 Å². The maximum Gasteiger partial charge on any atom is 0.329 e. The van der Waals surface area contributed by atoms with Crippen LogP contribution in [0.5, 0.6) is 0 Å². The molecule has 4 atom stereocenters. The molecule has 2 heterocycles. The standard InChI is InChI=1S/C28H21BrN2O3/c1-34-27(33)28(17-30)23(19-11-13-21(29)14-12-19)24(25(32)20-8-3-2-4-9-20)31-16-15-18-7-5-6-10-22(18)26(28)31/h2-16,23-24,26H,1H3/t23-,24+,26+,28+/m0/s1. The maximum atomic E-state index is 14.0. The molecule has 168 valence electrons. The normalized spacial score (nSPS) is 24.6. The fraction of sp³-hybridized carbons (Fsp3) is 0.179. The summed E-state index contributed by atoms with van der Waals surface area (Å²) >= 11 is 3.46. The molecule has 1 fully saturated rings. The Labute approximate surface area is 206 Å². The Bertz CT molecular complexity index is 1330. The van der Waals surface area contributed by atoms with E-state index in [2.05, 4.69) is 22.0 Å². The van der Waals surface area contributed by atoms with Crippen molar-refractivity contribution in [2.75, 3.05) is 7.11 Å². The lowest BCUT2D eigenvalue weighted by Gasteiger charge is -2.36. The Hall–Kier alpha value is -3.69. The van der Waals surface area contributed by atoms with Crippen molar-refractivity contribution in [1.82, 2.24) is 4.90 Å². The van der Waals surface area contributed by atoms with Crippen LogP contribution in [0.2, 0.25) is 0 Å². The summed E-state index contributed by atoms with van der Waals surface area (Å²) in [5, 5.41) is 10.7. The fourth-order valence-electron chi connectivity index (χ4n) is 5.41. The second-order valence-corrected chi connectivity index (χ2v) is 9.39. The number of ether oxygens (including phenoxy) is 1. The second-order valence-electron chi connectivity index (χ2n) is 8.47. The van der Waals surface area contributed by atoms with E-state index in [-0.39, 0.29) is 5.78 Å². The third-order valence-electron chi connectivity index (χ3n) is 6.84. The molecule has 6 heteroatoms. The van der Waals surface area contributed by atoms with Gasteiger partial charge in [-0.3, -0.25) is 9.59 Å². The molecule has 0 N–H and O–H groups in total. The summed E-state index contributed by atoms with van der Waals surface area (Å²) in [5.74, 6) is -1.55. The van der Waals surface area contributed by atoms with Gasteiger partial charge in [0.15, 0.2) is 11.2 Å². The van der Waals surface area contributed by atoms with Gasteiger partial charge in [0.05, 0.1) is 19.2 Å². The van der Waals surface area contributed by atoms with E-state index in [0.29, 0.717) is 5.56 Å². The molecule has 5 nitrogen and oxygen atoms in total. The number of nitrogens with zero attached hydrogens (tertiary/aromatic N) is 2. The van der Waals surface area contributed by atoms with Crippen molar-refractivity contribution in [2.24, 2.45) is 5.41 Å². The predicted molar refractivity (Wildman–Crippen MR) is 132 cm³/mol. The molecule has 34 heavy (non-hydrogen) atoms. The van der Waals surface area contributed by atoms with E-state index in [9.17, 15) is 14.9 Å². The van der Waals surface area contributed by atoms with Gasteiger partial charge in [-0.15, -0.1) is 0 Å². The van der Waals surface area contributed by atoms with Crippen LogP contribution >= 0.6 is 15.9 Å². The number of methoxy groups -OCH3 is 1. The zero-order valence-corrected chi connectivity index (χ0v) is 20.0. The smallest absolute Gasteiger partial charge is 0.329 e. The molecule has 0 saturated carbocycles. The van der Waals surface area contributed by atoms with E-state index in [1.165, 1.54) is 7.11 Å². The first-order chi connectivity index (χ1) is 16.5. The minimum absolute atomic E-state index is 0.149. The number of carbonyl (C=O) groups is 2. The molecular formula is C28H21BrN2O3. The fourth-order valence-corrected chi connectivity index (χ4v) is 5.67. The highest BCUT2D eigenvalue weighted by Crippen LogP contribution is 2.60. The van der Waals surface area contributed by atoms with E-state index in [0.717, 1.165) is 21.2 Å². The summed E-state index contributed by atoms with van der Waals surface area (Å²) in [6.07, 6.45) is 3.77. The molecule has 0 aliphatic carbocycles. The van der Waals surface area contributed by atoms with Gasteiger partial charge in [-0.25, -0.2) is 0 Å². The third-order valence-corrected chi connectivity index (χ3v) is 7.37. The Balaban J connectivity index is 1.81. The summed E-state index contributed by atoms with van der Waals surface area (Å²) in [6.45, 7) is 0. The van der Waals surface area contributed by atoms with E-state index in [4.69, 9.17) is 4.74 Å². The molecule has 0 radical (unpaired) electrons. The zero-order chi connectivity index (χ0) is 23.9. The zero-order valence-electron chi connectivity index (χ0n) is 18.4. The molecular weight excluding hydrogens is 492 g/mol. The Kier molecular flexibility index (Phi) is 5.59. The number of hydrogen-bond donors (Lipinski definition) is 0. The van der Waals surface area contributed by atoms with Crippen LogP contribution in [0.25, 0.3) is 6.08 Å². The molecule has 0 unspecified atom stereocenters. The quantitative estimate of drug-likeness (QED) is 0.340. The van der Waals surface area contributed by atoms with Crippen molar-refractivity contribution >= 4 is 33.8 Å². The van der Waals surface area contributed by atoms with Crippen LogP contribution in [-0.2, 0) is 9.53 Å². The van der Waals surface area contributed by atoms with E-state index in [1.54, 1.807) is 12.1 Å².